The van der Waals surface area contributed by atoms with Crippen molar-refractivity contribution in [3.05, 3.63) is 36.4 Å². The van der Waals surface area contributed by atoms with E-state index < -0.39 is 0 Å². The summed E-state index contributed by atoms with van der Waals surface area (Å²) in [6, 6.07) is 7.03. The molecule has 0 aliphatic carbocycles. The molecular weight excluding hydrogens is 204 g/mol. The monoisotopic (exact) mass is 220 g/mol. The first-order valence-electron chi connectivity index (χ1n) is 5.33. The second kappa shape index (κ2) is 6.28. The molecule has 16 heavy (non-hydrogen) atoms. The highest BCUT2D eigenvalue weighted by Gasteiger charge is 2.09. The third kappa shape index (κ3) is 4.03. The third-order valence-electron chi connectivity index (χ3n) is 1.88. The number of hydrogen-bond acceptors (Lipinski definition) is 3. The molecule has 0 aliphatic heterocycles. The molecule has 86 valence electrons. The second-order valence-electron chi connectivity index (χ2n) is 3.64. The lowest BCUT2D eigenvalue weighted by Gasteiger charge is -2.07. The molecule has 0 aliphatic rings. The zero-order chi connectivity index (χ0) is 12.0. The summed E-state index contributed by atoms with van der Waals surface area (Å²) in [4.78, 5) is 11.3. The van der Waals surface area contributed by atoms with Crippen molar-refractivity contribution in [3.8, 4) is 5.75 Å². The standard InChI is InChI=1S/C13H16O3/c1-4-15-9-11-5-7-12(8-6-11)16-13(14)10(2)3/h5-8,10H,4H2,1-3H3. The number of rotatable bonds is 5. The minimum Gasteiger partial charge on any atom is -0.426 e. The summed E-state index contributed by atoms with van der Waals surface area (Å²) in [7, 11) is 0. The average molecular weight is 220 g/mol. The quantitative estimate of drug-likeness (QED) is 0.565. The summed E-state index contributed by atoms with van der Waals surface area (Å²) < 4.78 is 10.1. The molecule has 0 atom stereocenters. The van der Waals surface area contributed by atoms with Gasteiger partial charge in [0, 0.05) is 6.61 Å². The molecule has 1 aromatic carbocycles. The van der Waals surface area contributed by atoms with E-state index in [0.717, 1.165) is 5.56 Å². The summed E-state index contributed by atoms with van der Waals surface area (Å²) in [5.41, 5.74) is 0.825. The summed E-state index contributed by atoms with van der Waals surface area (Å²) in [5.74, 6) is 0.187. The smallest absolute Gasteiger partial charge is 0.313 e. The highest BCUT2D eigenvalue weighted by molar-refractivity contribution is 5.74. The van der Waals surface area contributed by atoms with Crippen LogP contribution in [0, 0.1) is 12.5 Å². The first-order chi connectivity index (χ1) is 7.63. The van der Waals surface area contributed by atoms with Gasteiger partial charge in [0.1, 0.15) is 5.75 Å². The van der Waals surface area contributed by atoms with Gasteiger partial charge in [-0.05, 0) is 24.6 Å². The Kier molecular flexibility index (Phi) is 4.99. The van der Waals surface area contributed by atoms with Crippen LogP contribution in [0.1, 0.15) is 26.3 Å². The van der Waals surface area contributed by atoms with E-state index in [4.69, 9.17) is 9.47 Å². The normalized spacial score (nSPS) is 10.5. The largest absolute Gasteiger partial charge is 0.426 e. The van der Waals surface area contributed by atoms with Gasteiger partial charge in [-0.2, -0.15) is 0 Å². The van der Waals surface area contributed by atoms with Gasteiger partial charge in [0.2, 0.25) is 0 Å². The van der Waals surface area contributed by atoms with Gasteiger partial charge in [0.15, 0.2) is 6.61 Å². The summed E-state index contributed by atoms with van der Waals surface area (Å²) in [6.45, 7) is 8.84. The summed E-state index contributed by atoms with van der Waals surface area (Å²) >= 11 is 0. The van der Waals surface area contributed by atoms with Crippen LogP contribution in [0.15, 0.2) is 24.3 Å². The minimum absolute atomic E-state index is 0.124. The van der Waals surface area contributed by atoms with Gasteiger partial charge >= 0.3 is 5.97 Å². The zero-order valence-corrected chi connectivity index (χ0v) is 9.82. The number of esters is 1. The van der Waals surface area contributed by atoms with Crippen LogP contribution >= 0.6 is 0 Å². The Bertz CT molecular complexity index is 328. The summed E-state index contributed by atoms with van der Waals surface area (Å²) in [5, 5.41) is 0. The first kappa shape index (κ1) is 12.7. The van der Waals surface area contributed by atoms with Crippen molar-refractivity contribution in [2.24, 2.45) is 5.92 Å². The van der Waals surface area contributed by atoms with Crippen LogP contribution in [-0.2, 0) is 9.53 Å². The molecule has 0 fully saturated rings. The molecule has 0 amide bonds. The molecule has 0 aromatic heterocycles. The molecule has 0 saturated heterocycles. The maximum atomic E-state index is 11.3. The number of ether oxygens (including phenoxy) is 2. The van der Waals surface area contributed by atoms with Crippen molar-refractivity contribution in [2.75, 3.05) is 6.61 Å². The highest BCUT2D eigenvalue weighted by atomic mass is 16.5. The van der Waals surface area contributed by atoms with Crippen molar-refractivity contribution in [3.63, 3.8) is 0 Å². The maximum Gasteiger partial charge on any atom is 0.313 e. The van der Waals surface area contributed by atoms with Crippen molar-refractivity contribution in [2.45, 2.75) is 20.8 Å². The van der Waals surface area contributed by atoms with Crippen LogP contribution in [0.5, 0.6) is 5.75 Å². The fraction of sp³-hybridized carbons (Fsp3) is 0.385. The van der Waals surface area contributed by atoms with Gasteiger partial charge in [0.25, 0.3) is 0 Å². The number of carbonyl (C=O) groups is 1. The first-order valence-corrected chi connectivity index (χ1v) is 5.33. The Labute approximate surface area is 96.4 Å². The van der Waals surface area contributed by atoms with E-state index in [1.165, 1.54) is 0 Å². The summed E-state index contributed by atoms with van der Waals surface area (Å²) in [6.07, 6.45) is 0. The SMILES string of the molecule is CCO[C]c1ccc(OC(=O)C(C)C)cc1. The molecule has 2 radical (unpaired) electrons. The Morgan fingerprint density at radius 3 is 2.44 bits per heavy atom. The molecule has 1 rings (SSSR count). The van der Waals surface area contributed by atoms with E-state index in [9.17, 15) is 4.79 Å². The van der Waals surface area contributed by atoms with Crippen LogP contribution in [0.3, 0.4) is 0 Å². The second-order valence-corrected chi connectivity index (χ2v) is 3.64. The van der Waals surface area contributed by atoms with E-state index in [-0.39, 0.29) is 11.9 Å². The number of benzene rings is 1. The fourth-order valence-electron chi connectivity index (χ4n) is 0.981. The van der Waals surface area contributed by atoms with Crippen molar-refractivity contribution >= 4 is 5.97 Å². The highest BCUT2D eigenvalue weighted by Crippen LogP contribution is 2.15. The Balaban J connectivity index is 2.54. The van der Waals surface area contributed by atoms with Crippen LogP contribution in [0.2, 0.25) is 0 Å². The van der Waals surface area contributed by atoms with Crippen LogP contribution in [0.4, 0.5) is 0 Å². The van der Waals surface area contributed by atoms with Crippen LogP contribution in [0.25, 0.3) is 0 Å². The van der Waals surface area contributed by atoms with E-state index in [1.807, 2.05) is 6.92 Å². The average Bonchev–Trinajstić information content (AvgIpc) is 2.28. The molecule has 0 bridgehead atoms. The van der Waals surface area contributed by atoms with E-state index in [0.29, 0.717) is 12.4 Å². The molecule has 1 aromatic rings. The molecular formula is C13H16O3. The van der Waals surface area contributed by atoms with Gasteiger partial charge < -0.3 is 9.47 Å². The predicted octanol–water partition coefficient (Wildman–Crippen LogP) is 2.67. The Hall–Kier alpha value is -1.35. The fourth-order valence-corrected chi connectivity index (χ4v) is 0.981. The number of hydrogen-bond donors (Lipinski definition) is 0. The lowest BCUT2D eigenvalue weighted by atomic mass is 10.2. The van der Waals surface area contributed by atoms with Crippen molar-refractivity contribution in [1.29, 1.82) is 0 Å². The lowest BCUT2D eigenvalue weighted by Crippen LogP contribution is -2.14. The van der Waals surface area contributed by atoms with Crippen molar-refractivity contribution < 1.29 is 14.3 Å². The third-order valence-corrected chi connectivity index (χ3v) is 1.88. The molecule has 0 unspecified atom stereocenters. The van der Waals surface area contributed by atoms with Crippen molar-refractivity contribution in [1.82, 2.24) is 0 Å². The van der Waals surface area contributed by atoms with Gasteiger partial charge in [-0.25, -0.2) is 0 Å². The Morgan fingerprint density at radius 2 is 1.94 bits per heavy atom. The molecule has 0 N–H and O–H groups in total. The minimum atomic E-state index is -0.231. The van der Waals surface area contributed by atoms with Crippen LogP contribution < -0.4 is 4.74 Å². The van der Waals surface area contributed by atoms with E-state index in [2.05, 4.69) is 6.61 Å². The lowest BCUT2D eigenvalue weighted by molar-refractivity contribution is -0.137. The molecule has 3 heteroatoms. The van der Waals surface area contributed by atoms with Gasteiger partial charge in [-0.1, -0.05) is 26.0 Å². The molecule has 0 spiro atoms. The van der Waals surface area contributed by atoms with E-state index in [1.54, 1.807) is 38.1 Å². The zero-order valence-electron chi connectivity index (χ0n) is 9.82. The molecule has 0 saturated carbocycles. The van der Waals surface area contributed by atoms with E-state index >= 15 is 0 Å². The maximum absolute atomic E-state index is 11.3. The van der Waals surface area contributed by atoms with Gasteiger partial charge in [-0.3, -0.25) is 4.79 Å². The number of carbonyl (C=O) groups excluding carboxylic acids is 1. The molecule has 0 heterocycles. The van der Waals surface area contributed by atoms with Gasteiger partial charge in [0.05, 0.1) is 5.92 Å². The van der Waals surface area contributed by atoms with Gasteiger partial charge in [-0.15, -0.1) is 0 Å². The Morgan fingerprint density at radius 1 is 1.31 bits per heavy atom. The van der Waals surface area contributed by atoms with Crippen LogP contribution in [-0.4, -0.2) is 12.6 Å². The predicted molar refractivity (Wildman–Crippen MR) is 60.9 cm³/mol. The topological polar surface area (TPSA) is 35.5 Å². The molecule has 3 nitrogen and oxygen atoms in total.